The van der Waals surface area contributed by atoms with Crippen molar-refractivity contribution in [2.45, 2.75) is 6.42 Å². The molecule has 0 N–H and O–H groups in total. The largest absolute Gasteiger partial charge is 0.458 e. The van der Waals surface area contributed by atoms with Gasteiger partial charge in [0.25, 0.3) is 12.4 Å². The van der Waals surface area contributed by atoms with Gasteiger partial charge in [0.05, 0.1) is 0 Å². The van der Waals surface area contributed by atoms with Gasteiger partial charge >= 0.3 is 0 Å². The Labute approximate surface area is 107 Å². The molecule has 1 amide bonds. The van der Waals surface area contributed by atoms with Gasteiger partial charge in [0, 0.05) is 15.8 Å². The number of carbonyl (C=O) groups excluding carboxylic acids is 2. The van der Waals surface area contributed by atoms with Crippen molar-refractivity contribution in [2.24, 2.45) is 0 Å². The van der Waals surface area contributed by atoms with Gasteiger partial charge in [-0.05, 0) is 52.8 Å². The minimum absolute atomic E-state index is 0.174. The number of rotatable bonds is 3. The molecule has 0 unspecified atom stereocenters. The van der Waals surface area contributed by atoms with E-state index in [1.54, 1.807) is 4.90 Å². The average Bonchev–Trinajstić information content (AvgIpc) is 2.68. The predicted molar refractivity (Wildman–Crippen MR) is 67.2 cm³/mol. The molecular formula is C11H10INO3. The van der Waals surface area contributed by atoms with Crippen molar-refractivity contribution in [3.63, 3.8) is 0 Å². The van der Waals surface area contributed by atoms with E-state index < -0.39 is 0 Å². The highest BCUT2D eigenvalue weighted by Gasteiger charge is 2.24. The summed E-state index contributed by atoms with van der Waals surface area (Å²) in [4.78, 5) is 23.4. The van der Waals surface area contributed by atoms with Gasteiger partial charge in [-0.15, -0.1) is 0 Å². The molecule has 0 saturated carbocycles. The Hall–Kier alpha value is -1.11. The Bertz CT molecular complexity index is 433. The fourth-order valence-electron chi connectivity index (χ4n) is 1.81. The third-order valence-electron chi connectivity index (χ3n) is 2.51. The van der Waals surface area contributed by atoms with E-state index in [0.29, 0.717) is 13.0 Å². The molecule has 1 heterocycles. The van der Waals surface area contributed by atoms with Crippen LogP contribution in [0.25, 0.3) is 0 Å². The van der Waals surface area contributed by atoms with Gasteiger partial charge in [-0.3, -0.25) is 9.59 Å². The summed E-state index contributed by atoms with van der Waals surface area (Å²) in [5, 5.41) is 0. The second-order valence-electron chi connectivity index (χ2n) is 3.48. The highest BCUT2D eigenvalue weighted by Crippen LogP contribution is 2.29. The molecule has 0 aliphatic carbocycles. The van der Waals surface area contributed by atoms with Crippen LogP contribution in [0.2, 0.25) is 0 Å². The highest BCUT2D eigenvalue weighted by molar-refractivity contribution is 14.1. The molecule has 16 heavy (non-hydrogen) atoms. The first-order chi connectivity index (χ1) is 7.72. The number of anilines is 1. The zero-order valence-electron chi connectivity index (χ0n) is 8.48. The number of hydrogen-bond donors (Lipinski definition) is 0. The summed E-state index contributed by atoms with van der Waals surface area (Å²) in [6.07, 6.45) is 0.860. The van der Waals surface area contributed by atoms with E-state index in [9.17, 15) is 9.59 Å². The first kappa shape index (κ1) is 11.4. The maximum Gasteiger partial charge on any atom is 0.293 e. The number of ether oxygens (including phenoxy) is 1. The lowest BCUT2D eigenvalue weighted by molar-refractivity contribution is -0.136. The van der Waals surface area contributed by atoms with Gasteiger partial charge in [0.2, 0.25) is 0 Å². The lowest BCUT2D eigenvalue weighted by Crippen LogP contribution is -2.32. The minimum Gasteiger partial charge on any atom is -0.458 e. The van der Waals surface area contributed by atoms with Crippen molar-refractivity contribution in [1.82, 2.24) is 0 Å². The molecule has 0 saturated heterocycles. The van der Waals surface area contributed by atoms with E-state index in [2.05, 4.69) is 33.4 Å². The van der Waals surface area contributed by atoms with Gasteiger partial charge in [0.1, 0.15) is 0 Å². The van der Waals surface area contributed by atoms with Crippen LogP contribution >= 0.6 is 22.6 Å². The molecule has 84 valence electrons. The normalized spacial score (nSPS) is 13.4. The Kier molecular flexibility index (Phi) is 3.42. The number of carbonyl (C=O) groups is 2. The maximum atomic E-state index is 11.7. The second kappa shape index (κ2) is 4.82. The summed E-state index contributed by atoms with van der Waals surface area (Å²) < 4.78 is 5.64. The standard InChI is InChI=1S/C11H10INO3/c12-9-1-2-10-8(5-9)3-4-13(10)11(15)6-16-7-14/h1-2,5,7H,3-4,6H2. The molecule has 1 aromatic rings. The summed E-state index contributed by atoms with van der Waals surface area (Å²) >= 11 is 2.25. The summed E-state index contributed by atoms with van der Waals surface area (Å²) in [6.45, 7) is 0.772. The SMILES string of the molecule is O=COCC(=O)N1CCc2cc(I)ccc21. The molecule has 0 atom stereocenters. The third-order valence-corrected chi connectivity index (χ3v) is 3.18. The molecule has 1 aliphatic rings. The summed E-state index contributed by atoms with van der Waals surface area (Å²) in [7, 11) is 0. The Morgan fingerprint density at radius 1 is 1.56 bits per heavy atom. The molecule has 0 aromatic heterocycles. The molecule has 0 bridgehead atoms. The summed E-state index contributed by atoms with van der Waals surface area (Å²) in [6, 6.07) is 5.97. The molecule has 1 aliphatic heterocycles. The van der Waals surface area contributed by atoms with E-state index >= 15 is 0 Å². The molecule has 1 aromatic carbocycles. The first-order valence-corrected chi connectivity index (χ1v) is 5.94. The van der Waals surface area contributed by atoms with Gasteiger partial charge in [-0.2, -0.15) is 0 Å². The lowest BCUT2D eigenvalue weighted by atomic mass is 10.2. The van der Waals surface area contributed by atoms with E-state index in [-0.39, 0.29) is 12.5 Å². The van der Waals surface area contributed by atoms with E-state index in [4.69, 9.17) is 0 Å². The van der Waals surface area contributed by atoms with Crippen molar-refractivity contribution < 1.29 is 14.3 Å². The van der Waals surface area contributed by atoms with Crippen LogP contribution in [0.15, 0.2) is 18.2 Å². The molecule has 0 radical (unpaired) electrons. The van der Waals surface area contributed by atoms with Crippen LogP contribution in [-0.2, 0) is 20.7 Å². The van der Waals surface area contributed by atoms with Gasteiger partial charge < -0.3 is 9.64 Å². The number of nitrogens with zero attached hydrogens (tertiary/aromatic N) is 1. The van der Waals surface area contributed by atoms with Gasteiger partial charge in [0.15, 0.2) is 6.61 Å². The van der Waals surface area contributed by atoms with Gasteiger partial charge in [-0.1, -0.05) is 0 Å². The molecule has 2 rings (SSSR count). The van der Waals surface area contributed by atoms with Crippen LogP contribution < -0.4 is 4.90 Å². The Morgan fingerprint density at radius 2 is 2.38 bits per heavy atom. The number of amides is 1. The lowest BCUT2D eigenvalue weighted by Gasteiger charge is -2.16. The van der Waals surface area contributed by atoms with E-state index in [1.807, 2.05) is 12.1 Å². The Balaban J connectivity index is 2.17. The monoisotopic (exact) mass is 331 g/mol. The number of halogens is 1. The first-order valence-electron chi connectivity index (χ1n) is 4.86. The van der Waals surface area contributed by atoms with Crippen molar-refractivity contribution in [2.75, 3.05) is 18.1 Å². The zero-order chi connectivity index (χ0) is 11.5. The van der Waals surface area contributed by atoms with Crippen LogP contribution in [-0.4, -0.2) is 25.5 Å². The van der Waals surface area contributed by atoms with Crippen LogP contribution in [0.5, 0.6) is 0 Å². The van der Waals surface area contributed by atoms with E-state index in [1.165, 1.54) is 5.56 Å². The van der Waals surface area contributed by atoms with Crippen LogP contribution in [0.3, 0.4) is 0 Å². The summed E-state index contributed by atoms with van der Waals surface area (Å²) in [5.41, 5.74) is 2.10. The maximum absolute atomic E-state index is 11.7. The molecule has 0 fully saturated rings. The molecule has 0 spiro atoms. The van der Waals surface area contributed by atoms with Crippen molar-refractivity contribution in [3.8, 4) is 0 Å². The number of fused-ring (bicyclic) bond motifs is 1. The topological polar surface area (TPSA) is 46.6 Å². The van der Waals surface area contributed by atoms with Crippen molar-refractivity contribution in [1.29, 1.82) is 0 Å². The van der Waals surface area contributed by atoms with Crippen molar-refractivity contribution >= 4 is 40.7 Å². The molecule has 4 nitrogen and oxygen atoms in total. The predicted octanol–water partition coefficient (Wildman–Crippen LogP) is 1.35. The molecule has 5 heteroatoms. The number of benzene rings is 1. The van der Waals surface area contributed by atoms with Crippen molar-refractivity contribution in [3.05, 3.63) is 27.3 Å². The quantitative estimate of drug-likeness (QED) is 0.621. The van der Waals surface area contributed by atoms with Crippen LogP contribution in [0, 0.1) is 3.57 Å². The fraction of sp³-hybridized carbons (Fsp3) is 0.273. The fourth-order valence-corrected chi connectivity index (χ4v) is 2.37. The average molecular weight is 331 g/mol. The summed E-state index contributed by atoms with van der Waals surface area (Å²) in [5.74, 6) is -0.174. The van der Waals surface area contributed by atoms with Gasteiger partial charge in [-0.25, -0.2) is 0 Å². The second-order valence-corrected chi connectivity index (χ2v) is 4.72. The minimum atomic E-state index is -0.186. The van der Waals surface area contributed by atoms with E-state index in [0.717, 1.165) is 15.7 Å². The smallest absolute Gasteiger partial charge is 0.293 e. The van der Waals surface area contributed by atoms with Crippen LogP contribution in [0.1, 0.15) is 5.56 Å². The third kappa shape index (κ3) is 2.18. The molecular weight excluding hydrogens is 321 g/mol. The van der Waals surface area contributed by atoms with Crippen LogP contribution in [0.4, 0.5) is 5.69 Å². The highest BCUT2D eigenvalue weighted by atomic mass is 127. The zero-order valence-corrected chi connectivity index (χ0v) is 10.6. The number of hydrogen-bond acceptors (Lipinski definition) is 3. The Morgan fingerprint density at radius 3 is 3.12 bits per heavy atom.